The molecule has 2 N–H and O–H groups in total. The first kappa shape index (κ1) is 24.7. The number of sulfonamides is 1. The Labute approximate surface area is 228 Å². The molecular formula is C28H24N4O3S3. The van der Waals surface area contributed by atoms with Gasteiger partial charge in [-0.15, -0.1) is 22.7 Å². The third kappa shape index (κ3) is 4.83. The molecule has 10 heteroatoms. The highest BCUT2D eigenvalue weighted by Crippen LogP contribution is 2.45. The molecule has 1 amide bonds. The van der Waals surface area contributed by atoms with Crippen molar-refractivity contribution in [3.05, 3.63) is 94.9 Å². The van der Waals surface area contributed by atoms with Gasteiger partial charge in [-0.05, 0) is 67.6 Å². The Hall–Kier alpha value is -3.57. The normalized spacial score (nSPS) is 13.8. The van der Waals surface area contributed by atoms with E-state index < -0.39 is 10.0 Å². The number of amides is 1. The van der Waals surface area contributed by atoms with Gasteiger partial charge in [-0.25, -0.2) is 13.4 Å². The number of para-hydroxylation sites is 1. The molecular weight excluding hydrogens is 537 g/mol. The van der Waals surface area contributed by atoms with Crippen molar-refractivity contribution in [2.45, 2.75) is 17.9 Å². The number of nitrogens with zero attached hydrogens (tertiary/aromatic N) is 2. The monoisotopic (exact) mass is 560 g/mol. The van der Waals surface area contributed by atoms with Gasteiger partial charge in [0.05, 0.1) is 15.1 Å². The van der Waals surface area contributed by atoms with Crippen molar-refractivity contribution in [3.8, 4) is 10.6 Å². The number of aromatic nitrogens is 1. The minimum Gasteiger partial charge on any atom is -0.313 e. The molecule has 1 aliphatic heterocycles. The van der Waals surface area contributed by atoms with E-state index in [1.165, 1.54) is 22.6 Å². The second-order valence-corrected chi connectivity index (χ2v) is 13.0. The van der Waals surface area contributed by atoms with Gasteiger partial charge in [-0.1, -0.05) is 30.3 Å². The molecule has 0 spiro atoms. The maximum atomic E-state index is 13.3. The van der Waals surface area contributed by atoms with Crippen molar-refractivity contribution in [2.24, 2.45) is 0 Å². The van der Waals surface area contributed by atoms with Crippen LogP contribution in [0.1, 0.15) is 20.8 Å². The van der Waals surface area contributed by atoms with Crippen molar-refractivity contribution in [1.29, 1.82) is 0 Å². The van der Waals surface area contributed by atoms with Crippen molar-refractivity contribution in [3.63, 3.8) is 0 Å². The molecule has 3 aromatic carbocycles. The molecule has 3 heterocycles. The third-order valence-corrected chi connectivity index (χ3v) is 10.0. The SMILES string of the molecule is CN1CCc2c(sc(NC(=O)c3ccc(NS(=O)(=O)c4ccccc4)cc3)c2-c2nc3ccccc3s2)C1. The van der Waals surface area contributed by atoms with Crippen LogP contribution in [0.3, 0.4) is 0 Å². The maximum absolute atomic E-state index is 13.3. The number of hydrogen-bond acceptors (Lipinski definition) is 7. The molecule has 7 nitrogen and oxygen atoms in total. The van der Waals surface area contributed by atoms with Crippen molar-refractivity contribution < 1.29 is 13.2 Å². The summed E-state index contributed by atoms with van der Waals surface area (Å²) >= 11 is 3.24. The van der Waals surface area contributed by atoms with Crippen LogP contribution in [0.15, 0.2) is 83.8 Å². The molecule has 0 fully saturated rings. The van der Waals surface area contributed by atoms with E-state index in [4.69, 9.17) is 4.98 Å². The Morgan fingerprint density at radius 3 is 2.45 bits per heavy atom. The topological polar surface area (TPSA) is 91.4 Å². The number of rotatable bonds is 6. The van der Waals surface area contributed by atoms with E-state index in [1.54, 1.807) is 65.1 Å². The Kier molecular flexibility index (Phi) is 6.48. The molecule has 6 rings (SSSR count). The van der Waals surface area contributed by atoms with E-state index in [0.717, 1.165) is 45.3 Å². The number of likely N-dealkylation sites (N-methyl/N-ethyl adjacent to an activating group) is 1. The van der Waals surface area contributed by atoms with Gasteiger partial charge in [0.2, 0.25) is 0 Å². The van der Waals surface area contributed by atoms with Crippen LogP contribution in [0.2, 0.25) is 0 Å². The predicted octanol–water partition coefficient (Wildman–Crippen LogP) is 6.07. The lowest BCUT2D eigenvalue weighted by molar-refractivity contribution is 0.102. The van der Waals surface area contributed by atoms with Crippen LogP contribution in [0.4, 0.5) is 10.7 Å². The third-order valence-electron chi connectivity index (χ3n) is 6.44. The van der Waals surface area contributed by atoms with Gasteiger partial charge in [-0.2, -0.15) is 0 Å². The average molecular weight is 561 g/mol. The minimum atomic E-state index is -3.71. The highest BCUT2D eigenvalue weighted by Gasteiger charge is 2.27. The van der Waals surface area contributed by atoms with Crippen LogP contribution >= 0.6 is 22.7 Å². The molecule has 0 saturated heterocycles. The summed E-state index contributed by atoms with van der Waals surface area (Å²) in [6.07, 6.45) is 0.902. The van der Waals surface area contributed by atoms with Crippen LogP contribution in [0.25, 0.3) is 20.8 Å². The highest BCUT2D eigenvalue weighted by atomic mass is 32.2. The predicted molar refractivity (Wildman–Crippen MR) is 155 cm³/mol. The fourth-order valence-electron chi connectivity index (χ4n) is 4.50. The maximum Gasteiger partial charge on any atom is 0.261 e. The molecule has 0 unspecified atom stereocenters. The van der Waals surface area contributed by atoms with Gasteiger partial charge >= 0.3 is 0 Å². The number of thiazole rings is 1. The smallest absolute Gasteiger partial charge is 0.261 e. The summed E-state index contributed by atoms with van der Waals surface area (Å²) in [4.78, 5) is 21.9. The van der Waals surface area contributed by atoms with Gasteiger partial charge in [0.15, 0.2) is 0 Å². The Morgan fingerprint density at radius 2 is 1.68 bits per heavy atom. The molecule has 0 aliphatic carbocycles. The second-order valence-electron chi connectivity index (χ2n) is 9.13. The number of benzene rings is 3. The standard InChI is InChI=1S/C28H24N4O3S3/c1-32-16-15-21-24(17-32)37-28(25(21)27-29-22-9-5-6-10-23(22)36-27)30-26(33)18-11-13-19(14-12-18)31-38(34,35)20-7-3-2-4-8-20/h2-14,31H,15-17H2,1H3,(H,30,33). The Morgan fingerprint density at radius 1 is 0.947 bits per heavy atom. The van der Waals surface area contributed by atoms with E-state index in [-0.39, 0.29) is 10.8 Å². The Balaban J connectivity index is 1.27. The summed E-state index contributed by atoms with van der Waals surface area (Å²) in [5.74, 6) is -0.253. The first-order valence-electron chi connectivity index (χ1n) is 12.1. The lowest BCUT2D eigenvalue weighted by atomic mass is 10.0. The van der Waals surface area contributed by atoms with Crippen LogP contribution < -0.4 is 10.0 Å². The summed E-state index contributed by atoms with van der Waals surface area (Å²) in [7, 11) is -1.60. The molecule has 2 aromatic heterocycles. The molecule has 0 bridgehead atoms. The summed E-state index contributed by atoms with van der Waals surface area (Å²) in [6, 6.07) is 22.7. The molecule has 1 aliphatic rings. The van der Waals surface area contributed by atoms with Crippen molar-refractivity contribution in [1.82, 2.24) is 9.88 Å². The lowest BCUT2D eigenvalue weighted by Crippen LogP contribution is -2.25. The van der Waals surface area contributed by atoms with Gasteiger partial charge in [0.1, 0.15) is 10.0 Å². The highest BCUT2D eigenvalue weighted by molar-refractivity contribution is 7.92. The largest absolute Gasteiger partial charge is 0.313 e. The molecule has 5 aromatic rings. The molecule has 0 radical (unpaired) electrons. The van der Waals surface area contributed by atoms with Gasteiger partial charge in [-0.3, -0.25) is 9.52 Å². The number of fused-ring (bicyclic) bond motifs is 2. The first-order chi connectivity index (χ1) is 18.4. The molecule has 192 valence electrons. The van der Waals surface area contributed by atoms with Gasteiger partial charge in [0, 0.05) is 34.8 Å². The lowest BCUT2D eigenvalue weighted by Gasteiger charge is -2.22. The number of nitrogens with one attached hydrogen (secondary N) is 2. The zero-order valence-corrected chi connectivity index (χ0v) is 22.9. The zero-order valence-electron chi connectivity index (χ0n) is 20.5. The summed E-state index contributed by atoms with van der Waals surface area (Å²) < 4.78 is 28.9. The zero-order chi connectivity index (χ0) is 26.3. The summed E-state index contributed by atoms with van der Waals surface area (Å²) in [6.45, 7) is 1.79. The first-order valence-corrected chi connectivity index (χ1v) is 15.2. The van der Waals surface area contributed by atoms with E-state index in [0.29, 0.717) is 11.3 Å². The minimum absolute atomic E-state index is 0.177. The fourth-order valence-corrected chi connectivity index (χ4v) is 8.02. The fraction of sp³-hybridized carbons (Fsp3) is 0.143. The van der Waals surface area contributed by atoms with Crippen molar-refractivity contribution >= 4 is 59.5 Å². The quantitative estimate of drug-likeness (QED) is 0.263. The number of carbonyl (C=O) groups is 1. The Bertz CT molecular complexity index is 1710. The summed E-state index contributed by atoms with van der Waals surface area (Å²) in [5.41, 5.74) is 4.04. The van der Waals surface area contributed by atoms with E-state index in [1.807, 2.05) is 18.2 Å². The number of hydrogen-bond donors (Lipinski definition) is 2. The van der Waals surface area contributed by atoms with Crippen LogP contribution in [-0.4, -0.2) is 37.8 Å². The second kappa shape index (κ2) is 9.95. The van der Waals surface area contributed by atoms with Gasteiger partial charge in [0.25, 0.3) is 15.9 Å². The molecule has 0 atom stereocenters. The van der Waals surface area contributed by atoms with Crippen LogP contribution in [0.5, 0.6) is 0 Å². The number of anilines is 2. The van der Waals surface area contributed by atoms with Crippen LogP contribution in [-0.2, 0) is 23.0 Å². The summed E-state index contributed by atoms with van der Waals surface area (Å²) in [5, 5.41) is 4.83. The number of thiophene rings is 1. The van der Waals surface area contributed by atoms with Crippen molar-refractivity contribution in [2.75, 3.05) is 23.6 Å². The van der Waals surface area contributed by atoms with Crippen LogP contribution in [0, 0.1) is 0 Å². The van der Waals surface area contributed by atoms with E-state index >= 15 is 0 Å². The number of carbonyl (C=O) groups excluding carboxylic acids is 1. The molecule has 0 saturated carbocycles. The molecule has 38 heavy (non-hydrogen) atoms. The van der Waals surface area contributed by atoms with E-state index in [2.05, 4.69) is 28.1 Å². The van der Waals surface area contributed by atoms with E-state index in [9.17, 15) is 13.2 Å². The average Bonchev–Trinajstić information content (AvgIpc) is 3.49. The van der Waals surface area contributed by atoms with Gasteiger partial charge < -0.3 is 10.2 Å².